The number of rotatable bonds is 3. The lowest BCUT2D eigenvalue weighted by Gasteiger charge is -2.25. The van der Waals surface area contributed by atoms with Crippen LogP contribution >= 0.6 is 0 Å². The van der Waals surface area contributed by atoms with E-state index in [2.05, 4.69) is 15.5 Å². The van der Waals surface area contributed by atoms with Gasteiger partial charge in [0.25, 0.3) is 5.91 Å². The summed E-state index contributed by atoms with van der Waals surface area (Å²) in [7, 11) is 0. The number of carbonyl (C=O) groups excluding carboxylic acids is 1. The van der Waals surface area contributed by atoms with E-state index in [1.54, 1.807) is 16.8 Å². The van der Waals surface area contributed by atoms with Crippen LogP contribution in [0.2, 0.25) is 0 Å². The lowest BCUT2D eigenvalue weighted by molar-refractivity contribution is 0.0726. The zero-order chi connectivity index (χ0) is 18.9. The number of ether oxygens (including phenoxy) is 1. The molecule has 1 saturated heterocycles. The molecule has 3 aromatic rings. The van der Waals surface area contributed by atoms with Crippen LogP contribution in [-0.2, 0) is 17.7 Å². The summed E-state index contributed by atoms with van der Waals surface area (Å²) < 4.78 is 13.0. The van der Waals surface area contributed by atoms with Gasteiger partial charge in [0.05, 0.1) is 12.2 Å². The number of oxazole rings is 1. The molecule has 0 bridgehead atoms. The highest BCUT2D eigenvalue weighted by Gasteiger charge is 2.29. The Labute approximate surface area is 161 Å². The largest absolute Gasteiger partial charge is 0.445 e. The highest BCUT2D eigenvalue weighted by atomic mass is 16.5. The molecular formula is C19H20N6O3. The summed E-state index contributed by atoms with van der Waals surface area (Å²) in [5.74, 6) is 2.03. The molecule has 144 valence electrons. The molecule has 2 aliphatic rings. The van der Waals surface area contributed by atoms with Gasteiger partial charge >= 0.3 is 0 Å². The summed E-state index contributed by atoms with van der Waals surface area (Å²) >= 11 is 0. The van der Waals surface area contributed by atoms with Crippen LogP contribution in [0.3, 0.4) is 0 Å². The molecule has 1 fully saturated rings. The topological polar surface area (TPSA) is 99.2 Å². The molecule has 2 aliphatic heterocycles. The minimum absolute atomic E-state index is 0.00969. The molecular weight excluding hydrogens is 360 g/mol. The summed E-state index contributed by atoms with van der Waals surface area (Å²) in [6, 6.07) is 7.26. The molecule has 0 saturated carbocycles. The van der Waals surface area contributed by atoms with Crippen LogP contribution < -0.4 is 0 Å². The minimum atomic E-state index is -0.00969. The zero-order valence-corrected chi connectivity index (χ0v) is 15.3. The standard InChI is InChI=1S/C19H20N6O3/c26-19(14-1-3-15(4-2-14)25-12-20-22-23-25)24-8-5-17-16(11-24)21-18(28-17)13-6-9-27-10-7-13/h1-4,12-13H,5-11H2. The number of amides is 1. The van der Waals surface area contributed by atoms with Crippen molar-refractivity contribution in [2.24, 2.45) is 0 Å². The number of aromatic nitrogens is 5. The van der Waals surface area contributed by atoms with E-state index in [4.69, 9.17) is 14.1 Å². The Morgan fingerprint density at radius 2 is 1.96 bits per heavy atom. The maximum Gasteiger partial charge on any atom is 0.254 e. The summed E-state index contributed by atoms with van der Waals surface area (Å²) in [6.45, 7) is 2.62. The minimum Gasteiger partial charge on any atom is -0.445 e. The van der Waals surface area contributed by atoms with Crippen LogP contribution in [0.5, 0.6) is 0 Å². The Balaban J connectivity index is 1.30. The second-order valence-electron chi connectivity index (χ2n) is 7.09. The smallest absolute Gasteiger partial charge is 0.254 e. The number of tetrazole rings is 1. The summed E-state index contributed by atoms with van der Waals surface area (Å²) in [5.41, 5.74) is 2.32. The van der Waals surface area contributed by atoms with Gasteiger partial charge in [0.1, 0.15) is 17.8 Å². The van der Waals surface area contributed by atoms with Crippen molar-refractivity contribution in [3.8, 4) is 5.69 Å². The SMILES string of the molecule is O=C(c1ccc(-n2cnnn2)cc1)N1CCc2oc(C3CCOCC3)nc2C1. The Hall–Kier alpha value is -3.07. The van der Waals surface area contributed by atoms with E-state index in [1.807, 2.05) is 17.0 Å². The van der Waals surface area contributed by atoms with Crippen molar-refractivity contribution in [2.45, 2.75) is 31.7 Å². The Bertz CT molecular complexity index is 960. The van der Waals surface area contributed by atoms with Crippen LogP contribution in [-0.4, -0.2) is 55.8 Å². The average molecular weight is 380 g/mol. The first-order valence-electron chi connectivity index (χ1n) is 9.47. The van der Waals surface area contributed by atoms with Gasteiger partial charge in [0.15, 0.2) is 5.89 Å². The van der Waals surface area contributed by atoms with Gasteiger partial charge in [-0.3, -0.25) is 4.79 Å². The molecule has 9 heteroatoms. The van der Waals surface area contributed by atoms with E-state index in [-0.39, 0.29) is 5.91 Å². The molecule has 5 rings (SSSR count). The monoisotopic (exact) mass is 380 g/mol. The number of benzene rings is 1. The lowest BCUT2D eigenvalue weighted by Crippen LogP contribution is -2.35. The molecule has 4 heterocycles. The molecule has 1 aromatic carbocycles. The van der Waals surface area contributed by atoms with E-state index in [9.17, 15) is 4.79 Å². The predicted molar refractivity (Wildman–Crippen MR) is 96.9 cm³/mol. The summed E-state index contributed by atoms with van der Waals surface area (Å²) in [6.07, 6.45) is 4.09. The molecule has 0 aliphatic carbocycles. The van der Waals surface area contributed by atoms with Gasteiger partial charge in [0, 0.05) is 37.7 Å². The maximum atomic E-state index is 12.9. The Kier molecular flexibility index (Phi) is 4.36. The fourth-order valence-corrected chi connectivity index (χ4v) is 3.73. The summed E-state index contributed by atoms with van der Waals surface area (Å²) in [5, 5.41) is 11.1. The number of fused-ring (bicyclic) bond motifs is 1. The van der Waals surface area contributed by atoms with E-state index in [0.29, 0.717) is 31.0 Å². The van der Waals surface area contributed by atoms with Crippen molar-refractivity contribution in [3.63, 3.8) is 0 Å². The molecule has 0 unspecified atom stereocenters. The molecule has 9 nitrogen and oxygen atoms in total. The second kappa shape index (κ2) is 7.16. The average Bonchev–Trinajstić information content (AvgIpc) is 3.43. The molecule has 0 radical (unpaired) electrons. The van der Waals surface area contributed by atoms with Crippen LogP contribution in [0.15, 0.2) is 35.0 Å². The van der Waals surface area contributed by atoms with Gasteiger partial charge in [-0.2, -0.15) is 0 Å². The van der Waals surface area contributed by atoms with E-state index in [1.165, 1.54) is 6.33 Å². The van der Waals surface area contributed by atoms with Crippen LogP contribution in [0.25, 0.3) is 5.69 Å². The number of hydrogen-bond acceptors (Lipinski definition) is 7. The maximum absolute atomic E-state index is 12.9. The van der Waals surface area contributed by atoms with Crippen molar-refractivity contribution in [2.75, 3.05) is 19.8 Å². The van der Waals surface area contributed by atoms with Gasteiger partial charge in [-0.05, 0) is 47.5 Å². The van der Waals surface area contributed by atoms with Gasteiger partial charge in [-0.15, -0.1) is 5.10 Å². The number of carbonyl (C=O) groups is 1. The quantitative estimate of drug-likeness (QED) is 0.682. The fourth-order valence-electron chi connectivity index (χ4n) is 3.73. The first kappa shape index (κ1) is 17.1. The molecule has 0 atom stereocenters. The van der Waals surface area contributed by atoms with Gasteiger partial charge in [-0.1, -0.05) is 0 Å². The number of hydrogen-bond donors (Lipinski definition) is 0. The highest BCUT2D eigenvalue weighted by Crippen LogP contribution is 2.30. The van der Waals surface area contributed by atoms with E-state index in [0.717, 1.165) is 49.1 Å². The second-order valence-corrected chi connectivity index (χ2v) is 7.09. The lowest BCUT2D eigenvalue weighted by atomic mass is 10.0. The van der Waals surface area contributed by atoms with Crippen molar-refractivity contribution in [1.82, 2.24) is 30.1 Å². The predicted octanol–water partition coefficient (Wildman–Crippen LogP) is 1.74. The molecule has 0 N–H and O–H groups in total. The van der Waals surface area contributed by atoms with Crippen molar-refractivity contribution >= 4 is 5.91 Å². The number of nitrogens with zero attached hydrogens (tertiary/aromatic N) is 6. The Morgan fingerprint density at radius 3 is 2.71 bits per heavy atom. The first-order chi connectivity index (χ1) is 13.8. The Morgan fingerprint density at radius 1 is 1.14 bits per heavy atom. The van der Waals surface area contributed by atoms with Crippen molar-refractivity contribution in [3.05, 3.63) is 53.5 Å². The molecule has 0 spiro atoms. The highest BCUT2D eigenvalue weighted by molar-refractivity contribution is 5.94. The van der Waals surface area contributed by atoms with Gasteiger partial charge in [-0.25, -0.2) is 9.67 Å². The van der Waals surface area contributed by atoms with Gasteiger partial charge < -0.3 is 14.1 Å². The zero-order valence-electron chi connectivity index (χ0n) is 15.3. The molecule has 2 aromatic heterocycles. The van der Waals surface area contributed by atoms with Crippen LogP contribution in [0.4, 0.5) is 0 Å². The fraction of sp³-hybridized carbons (Fsp3) is 0.421. The van der Waals surface area contributed by atoms with E-state index >= 15 is 0 Å². The summed E-state index contributed by atoms with van der Waals surface area (Å²) in [4.78, 5) is 19.5. The third-order valence-corrected chi connectivity index (χ3v) is 5.33. The van der Waals surface area contributed by atoms with Crippen LogP contribution in [0.1, 0.15) is 46.5 Å². The van der Waals surface area contributed by atoms with Gasteiger partial charge in [0.2, 0.25) is 0 Å². The van der Waals surface area contributed by atoms with E-state index < -0.39 is 0 Å². The molecule has 28 heavy (non-hydrogen) atoms. The third-order valence-electron chi connectivity index (χ3n) is 5.33. The normalized spacial score (nSPS) is 17.5. The first-order valence-corrected chi connectivity index (χ1v) is 9.47. The van der Waals surface area contributed by atoms with Crippen LogP contribution in [0, 0.1) is 0 Å². The van der Waals surface area contributed by atoms with Crippen molar-refractivity contribution in [1.29, 1.82) is 0 Å². The third kappa shape index (κ3) is 3.18. The molecule has 1 amide bonds. The van der Waals surface area contributed by atoms with Crippen molar-refractivity contribution < 1.29 is 13.9 Å².